The molecule has 0 spiro atoms. The van der Waals surface area contributed by atoms with Crippen molar-refractivity contribution in [2.45, 2.75) is 0 Å². The summed E-state index contributed by atoms with van der Waals surface area (Å²) < 4.78 is 5.03. The molecule has 0 unspecified atom stereocenters. The third-order valence-corrected chi connectivity index (χ3v) is 6.89. The monoisotopic (exact) mass is 374 g/mol. The second-order valence-electron chi connectivity index (χ2n) is 7.29. The minimum absolute atomic E-state index is 1.09. The molecule has 5 aromatic rings. The first-order valence-corrected chi connectivity index (χ1v) is 10.2. The van der Waals surface area contributed by atoms with E-state index in [2.05, 4.69) is 83.4 Å². The molecular weight excluding hydrogens is 360 g/mol. The number of nitrogens with zero attached hydrogens (tertiary/aromatic N) is 2. The normalized spacial score (nSPS) is 12.3. The maximum Gasteiger partial charge on any atom is 0.0823 e. The Bertz CT molecular complexity index is 1670. The average molecular weight is 374 g/mol. The first kappa shape index (κ1) is 14.6. The summed E-state index contributed by atoms with van der Waals surface area (Å²) in [5.74, 6) is 0. The number of hydrogen-bond donors (Lipinski definition) is 0. The summed E-state index contributed by atoms with van der Waals surface area (Å²) in [6.45, 7) is 0. The molecule has 2 aliphatic rings. The molecule has 3 heteroatoms. The minimum atomic E-state index is 1.09. The SMILES string of the molecule is c1ccc2cc3c(cc2c1)c1nccc2ccc4sc5ccccc5n3-c4c21. The van der Waals surface area contributed by atoms with Crippen molar-refractivity contribution in [1.82, 2.24) is 9.55 Å². The Kier molecular flexibility index (Phi) is 2.65. The number of pyridine rings is 2. The zero-order valence-corrected chi connectivity index (χ0v) is 15.7. The van der Waals surface area contributed by atoms with Crippen LogP contribution in [-0.2, 0) is 0 Å². The minimum Gasteiger partial charge on any atom is -0.306 e. The van der Waals surface area contributed by atoms with Crippen LogP contribution in [0.3, 0.4) is 0 Å². The van der Waals surface area contributed by atoms with Crippen molar-refractivity contribution in [2.75, 3.05) is 0 Å². The molecular formula is C25H14N2S. The molecule has 2 aliphatic heterocycles. The van der Waals surface area contributed by atoms with Gasteiger partial charge in [0, 0.05) is 17.0 Å². The number of para-hydroxylation sites is 1. The van der Waals surface area contributed by atoms with Gasteiger partial charge in [-0.1, -0.05) is 42.5 Å². The van der Waals surface area contributed by atoms with Gasteiger partial charge >= 0.3 is 0 Å². The Morgan fingerprint density at radius 3 is 2.43 bits per heavy atom. The fourth-order valence-electron chi connectivity index (χ4n) is 4.56. The highest BCUT2D eigenvalue weighted by Crippen LogP contribution is 2.43. The molecule has 0 saturated carbocycles. The van der Waals surface area contributed by atoms with Crippen LogP contribution in [0.2, 0.25) is 0 Å². The summed E-state index contributed by atoms with van der Waals surface area (Å²) in [7, 11) is 0. The van der Waals surface area contributed by atoms with Gasteiger partial charge in [0.05, 0.1) is 31.6 Å². The molecule has 0 aliphatic carbocycles. The number of fused-ring (bicyclic) bond motifs is 6. The van der Waals surface area contributed by atoms with Gasteiger partial charge in [-0.2, -0.15) is 0 Å². The topological polar surface area (TPSA) is 17.8 Å². The molecule has 0 saturated heterocycles. The van der Waals surface area contributed by atoms with Crippen molar-refractivity contribution in [1.29, 1.82) is 0 Å². The summed E-state index contributed by atoms with van der Waals surface area (Å²) in [5, 5.41) is 6.21. The maximum absolute atomic E-state index is 4.84. The van der Waals surface area contributed by atoms with Gasteiger partial charge in [0.1, 0.15) is 0 Å². The molecule has 28 heavy (non-hydrogen) atoms. The lowest BCUT2D eigenvalue weighted by molar-refractivity contribution is 1.20. The molecule has 0 N–H and O–H groups in total. The smallest absolute Gasteiger partial charge is 0.0823 e. The van der Waals surface area contributed by atoms with Gasteiger partial charge in [0.2, 0.25) is 0 Å². The summed E-state index contributed by atoms with van der Waals surface area (Å²) in [6, 6.07) is 28.5. The maximum atomic E-state index is 4.84. The highest BCUT2D eigenvalue weighted by atomic mass is 32.1. The molecule has 7 rings (SSSR count). The van der Waals surface area contributed by atoms with Gasteiger partial charge in [-0.3, -0.25) is 4.98 Å². The van der Waals surface area contributed by atoms with Gasteiger partial charge < -0.3 is 4.57 Å². The first-order valence-electron chi connectivity index (χ1n) is 9.40. The van der Waals surface area contributed by atoms with Crippen LogP contribution in [0.5, 0.6) is 0 Å². The largest absolute Gasteiger partial charge is 0.306 e. The van der Waals surface area contributed by atoms with Gasteiger partial charge in [0.25, 0.3) is 0 Å². The van der Waals surface area contributed by atoms with E-state index >= 15 is 0 Å². The van der Waals surface area contributed by atoms with E-state index in [4.69, 9.17) is 4.98 Å². The van der Waals surface area contributed by atoms with Crippen molar-refractivity contribution in [3.63, 3.8) is 0 Å². The van der Waals surface area contributed by atoms with Crippen molar-refractivity contribution in [3.05, 3.63) is 85.1 Å². The number of aromatic nitrogens is 2. The summed E-state index contributed by atoms with van der Waals surface area (Å²) in [4.78, 5) is 4.84. The molecule has 0 bridgehead atoms. The van der Waals surface area contributed by atoms with Crippen LogP contribution in [0.1, 0.15) is 0 Å². The Labute approximate surface area is 164 Å². The van der Waals surface area contributed by atoms with E-state index < -0.39 is 0 Å². The predicted octanol–water partition coefficient (Wildman–Crippen LogP) is 7.14. The van der Waals surface area contributed by atoms with Crippen LogP contribution in [0, 0.1) is 0 Å². The molecule has 130 valence electrons. The third-order valence-electron chi connectivity index (χ3n) is 5.78. The van der Waals surface area contributed by atoms with Crippen LogP contribution < -0.4 is 0 Å². The zero-order valence-electron chi connectivity index (χ0n) is 14.9. The Morgan fingerprint density at radius 1 is 0.679 bits per heavy atom. The van der Waals surface area contributed by atoms with E-state index in [1.54, 1.807) is 0 Å². The second-order valence-corrected chi connectivity index (χ2v) is 8.38. The average Bonchev–Trinajstić information content (AvgIpc) is 2.76. The predicted molar refractivity (Wildman–Crippen MR) is 120 cm³/mol. The lowest BCUT2D eigenvalue weighted by Crippen LogP contribution is -2.05. The van der Waals surface area contributed by atoms with Gasteiger partial charge in [-0.15, -0.1) is 11.3 Å². The van der Waals surface area contributed by atoms with Crippen LogP contribution in [-0.4, -0.2) is 9.55 Å². The molecule has 3 heterocycles. The van der Waals surface area contributed by atoms with Crippen molar-refractivity contribution >= 4 is 64.2 Å². The van der Waals surface area contributed by atoms with Crippen LogP contribution in [0.4, 0.5) is 0 Å². The number of hydrogen-bond acceptors (Lipinski definition) is 2. The fraction of sp³-hybridized carbons (Fsp3) is 0. The van der Waals surface area contributed by atoms with Gasteiger partial charge in [0.15, 0.2) is 0 Å². The molecule has 2 nitrogen and oxygen atoms in total. The first-order chi connectivity index (χ1) is 13.9. The van der Waals surface area contributed by atoms with Crippen LogP contribution >= 0.6 is 11.3 Å². The van der Waals surface area contributed by atoms with E-state index in [9.17, 15) is 0 Å². The van der Waals surface area contributed by atoms with Crippen molar-refractivity contribution in [3.8, 4) is 5.69 Å². The fourth-order valence-corrected chi connectivity index (χ4v) is 5.63. The van der Waals surface area contributed by atoms with Gasteiger partial charge in [-0.05, 0) is 52.6 Å². The Morgan fingerprint density at radius 2 is 1.50 bits per heavy atom. The number of benzene rings is 4. The van der Waals surface area contributed by atoms with E-state index in [0.29, 0.717) is 0 Å². The van der Waals surface area contributed by atoms with E-state index in [1.807, 2.05) is 17.5 Å². The summed E-state index contributed by atoms with van der Waals surface area (Å²) in [6.07, 6.45) is 1.93. The quantitative estimate of drug-likeness (QED) is 0.204. The summed E-state index contributed by atoms with van der Waals surface area (Å²) in [5.41, 5.74) is 4.82. The molecule has 0 radical (unpaired) electrons. The summed E-state index contributed by atoms with van der Waals surface area (Å²) >= 11 is 1.85. The zero-order chi connectivity index (χ0) is 18.2. The molecule has 0 atom stereocenters. The highest BCUT2D eigenvalue weighted by Gasteiger charge is 2.20. The van der Waals surface area contributed by atoms with Crippen LogP contribution in [0.15, 0.2) is 85.1 Å². The van der Waals surface area contributed by atoms with Crippen LogP contribution in [0.25, 0.3) is 58.6 Å². The van der Waals surface area contributed by atoms with E-state index in [-0.39, 0.29) is 0 Å². The van der Waals surface area contributed by atoms with Crippen molar-refractivity contribution in [2.24, 2.45) is 0 Å². The van der Waals surface area contributed by atoms with E-state index in [0.717, 1.165) is 5.52 Å². The Hall–Kier alpha value is -3.43. The lowest BCUT2D eigenvalue weighted by atomic mass is 9.99. The third kappa shape index (κ3) is 1.75. The Balaban J connectivity index is 1.92. The van der Waals surface area contributed by atoms with E-state index in [1.165, 1.54) is 53.1 Å². The number of rotatable bonds is 0. The highest BCUT2D eigenvalue weighted by molar-refractivity contribution is 7.24. The standard InChI is InChI=1S/C25H14N2S/c1-2-6-17-14-20-18(13-16(17)5-1)24-23-15(11-12-26-24)9-10-22-25(23)27(20)19-7-3-4-8-21(19)28-22/h1-14H. The molecule has 4 aromatic carbocycles. The molecule has 1 aromatic heterocycles. The van der Waals surface area contributed by atoms with Crippen molar-refractivity contribution < 1.29 is 0 Å². The molecule has 0 fully saturated rings. The lowest BCUT2D eigenvalue weighted by Gasteiger charge is -2.23. The molecule has 0 amide bonds. The second kappa shape index (κ2) is 5.09. The van der Waals surface area contributed by atoms with Gasteiger partial charge in [-0.25, -0.2) is 0 Å².